The van der Waals surface area contributed by atoms with Gasteiger partial charge in [-0.1, -0.05) is 48.3 Å². The fourth-order valence-electron chi connectivity index (χ4n) is 3.39. The molecule has 0 aromatic carbocycles. The molecule has 0 saturated heterocycles. The lowest BCUT2D eigenvalue weighted by atomic mass is 9.98. The molecule has 0 radical (unpaired) electrons. The summed E-state index contributed by atoms with van der Waals surface area (Å²) in [5, 5.41) is 7.89. The summed E-state index contributed by atoms with van der Waals surface area (Å²) in [4.78, 5) is 0. The predicted molar refractivity (Wildman–Crippen MR) is 140 cm³/mol. The normalized spacial score (nSPS) is 14.6. The number of nitrogens with one attached hydrogen (secondary N) is 2. The molecular weight excluding hydrogens is 444 g/mol. The molecule has 0 aliphatic carbocycles. The summed E-state index contributed by atoms with van der Waals surface area (Å²) in [6.07, 6.45) is 8.29. The molecule has 2 unspecified atom stereocenters. The van der Waals surface area contributed by atoms with Crippen molar-refractivity contribution < 1.29 is 8.83 Å². The lowest BCUT2D eigenvalue weighted by Crippen LogP contribution is -2.44. The summed E-state index contributed by atoms with van der Waals surface area (Å²) in [5.74, 6) is 2.03. The molecule has 0 spiro atoms. The van der Waals surface area contributed by atoms with Crippen molar-refractivity contribution >= 4 is 31.4 Å². The van der Waals surface area contributed by atoms with E-state index in [1.54, 1.807) is 12.5 Å². The zero-order valence-corrected chi connectivity index (χ0v) is 22.4. The third-order valence-electron chi connectivity index (χ3n) is 5.41. The first-order valence-corrected chi connectivity index (χ1v) is 15.0. The van der Waals surface area contributed by atoms with E-state index in [-0.39, 0.29) is 21.6 Å². The highest BCUT2D eigenvalue weighted by atomic mass is 33.5. The van der Waals surface area contributed by atoms with Gasteiger partial charge in [0.15, 0.2) is 0 Å². The first-order chi connectivity index (χ1) is 14.8. The summed E-state index contributed by atoms with van der Waals surface area (Å²) in [5.41, 5.74) is -0.166. The quantitative estimate of drug-likeness (QED) is 0.185. The highest BCUT2D eigenvalue weighted by molar-refractivity contribution is 9.09. The Bertz CT molecular complexity index is 642. The molecule has 0 fully saturated rings. The molecular formula is C24H40N2O2S3. The molecule has 2 rings (SSSR count). The van der Waals surface area contributed by atoms with Crippen molar-refractivity contribution in [2.24, 2.45) is 0 Å². The van der Waals surface area contributed by atoms with Crippen molar-refractivity contribution in [2.45, 2.75) is 88.8 Å². The van der Waals surface area contributed by atoms with Gasteiger partial charge in [-0.05, 0) is 87.7 Å². The van der Waals surface area contributed by atoms with Crippen LogP contribution in [0.25, 0.3) is 0 Å². The number of furan rings is 2. The van der Waals surface area contributed by atoms with E-state index in [4.69, 9.17) is 8.83 Å². The van der Waals surface area contributed by atoms with Gasteiger partial charge in [0.25, 0.3) is 0 Å². The van der Waals surface area contributed by atoms with E-state index < -0.39 is 0 Å². The van der Waals surface area contributed by atoms with E-state index in [1.807, 2.05) is 43.5 Å². The minimum atomic E-state index is -0.0830. The zero-order chi connectivity index (χ0) is 22.7. The van der Waals surface area contributed by atoms with Crippen LogP contribution in [0, 0.1) is 0 Å². The maximum Gasteiger partial charge on any atom is 0.119 e. The molecule has 176 valence electrons. The summed E-state index contributed by atoms with van der Waals surface area (Å²) in [7, 11) is 5.57. The average molecular weight is 485 g/mol. The Balaban J connectivity index is 2.08. The van der Waals surface area contributed by atoms with Crippen LogP contribution in [0.15, 0.2) is 45.6 Å². The minimum absolute atomic E-state index is 0.0830. The Morgan fingerprint density at radius 1 is 0.774 bits per heavy atom. The first kappa shape index (κ1) is 26.8. The van der Waals surface area contributed by atoms with Crippen molar-refractivity contribution in [1.82, 2.24) is 10.6 Å². The molecule has 31 heavy (non-hydrogen) atoms. The third-order valence-corrected chi connectivity index (χ3v) is 10.6. The third kappa shape index (κ3) is 8.43. The Kier molecular flexibility index (Phi) is 11.5. The molecule has 0 amide bonds. The van der Waals surface area contributed by atoms with Crippen LogP contribution in [-0.2, 0) is 0 Å². The smallest absolute Gasteiger partial charge is 0.119 e. The van der Waals surface area contributed by atoms with Gasteiger partial charge in [-0.2, -0.15) is 0 Å². The van der Waals surface area contributed by atoms with E-state index in [9.17, 15) is 0 Å². The molecule has 0 aliphatic heterocycles. The van der Waals surface area contributed by atoms with Crippen LogP contribution >= 0.6 is 31.4 Å². The van der Waals surface area contributed by atoms with Gasteiger partial charge >= 0.3 is 0 Å². The summed E-state index contributed by atoms with van der Waals surface area (Å²) < 4.78 is 11.7. The monoisotopic (exact) mass is 484 g/mol. The largest absolute Gasteiger partial charge is 0.468 e. The topological polar surface area (TPSA) is 50.3 Å². The van der Waals surface area contributed by atoms with Gasteiger partial charge in [-0.15, -0.1) is 0 Å². The van der Waals surface area contributed by atoms with Gasteiger partial charge < -0.3 is 19.5 Å². The fraction of sp³-hybridized carbons (Fsp3) is 0.667. The lowest BCUT2D eigenvalue weighted by Gasteiger charge is -2.35. The maximum atomic E-state index is 5.84. The molecule has 7 heteroatoms. The van der Waals surface area contributed by atoms with Crippen molar-refractivity contribution in [1.29, 1.82) is 0 Å². The van der Waals surface area contributed by atoms with Crippen molar-refractivity contribution in [3.05, 3.63) is 48.3 Å². The van der Waals surface area contributed by atoms with Gasteiger partial charge in [0.2, 0.25) is 0 Å². The Morgan fingerprint density at radius 2 is 1.19 bits per heavy atom. The fourth-order valence-corrected chi connectivity index (χ4v) is 9.14. The lowest BCUT2D eigenvalue weighted by molar-refractivity contribution is 0.345. The zero-order valence-electron chi connectivity index (χ0n) is 19.9. The van der Waals surface area contributed by atoms with Gasteiger partial charge in [0.1, 0.15) is 11.5 Å². The van der Waals surface area contributed by atoms with Crippen LogP contribution in [-0.4, -0.2) is 24.2 Å². The Labute approximate surface area is 200 Å². The minimum Gasteiger partial charge on any atom is -0.468 e. The molecule has 4 nitrogen and oxygen atoms in total. The Hall–Kier alpha value is -0.470. The van der Waals surface area contributed by atoms with E-state index in [2.05, 4.69) is 64.3 Å². The summed E-state index contributed by atoms with van der Waals surface area (Å²) in [6.45, 7) is 15.6. The standard InChI is InChI=1S/C24H40N2O2S3/c1-7-9-15-25-23(3,4)21(19-13-11-17-27-19)29-31-30-22(20-14-12-18-28-20)24(5,6)26-16-10-8-2/h11-14,17-18,21-22,25-26H,7-10,15-16H2,1-6H3. The van der Waals surface area contributed by atoms with Crippen molar-refractivity contribution in [2.75, 3.05) is 13.1 Å². The molecule has 0 saturated carbocycles. The van der Waals surface area contributed by atoms with E-state index in [0.717, 1.165) is 24.6 Å². The molecule has 2 heterocycles. The van der Waals surface area contributed by atoms with E-state index in [0.29, 0.717) is 0 Å². The van der Waals surface area contributed by atoms with Crippen LogP contribution < -0.4 is 10.6 Å². The predicted octanol–water partition coefficient (Wildman–Crippen LogP) is 8.02. The molecule has 2 aromatic rings. The van der Waals surface area contributed by atoms with Crippen LogP contribution in [0.3, 0.4) is 0 Å². The van der Waals surface area contributed by atoms with Crippen molar-refractivity contribution in [3.8, 4) is 0 Å². The molecule has 0 bridgehead atoms. The molecule has 2 atom stereocenters. The molecule has 0 aliphatic rings. The number of rotatable bonds is 16. The second kappa shape index (κ2) is 13.3. The molecule has 2 aromatic heterocycles. The van der Waals surface area contributed by atoms with Crippen LogP contribution in [0.2, 0.25) is 0 Å². The number of hydrogen-bond acceptors (Lipinski definition) is 7. The highest BCUT2D eigenvalue weighted by Gasteiger charge is 2.36. The van der Waals surface area contributed by atoms with E-state index >= 15 is 0 Å². The highest BCUT2D eigenvalue weighted by Crippen LogP contribution is 2.55. The first-order valence-electron chi connectivity index (χ1n) is 11.4. The van der Waals surface area contributed by atoms with Gasteiger partial charge in [0, 0.05) is 11.1 Å². The van der Waals surface area contributed by atoms with Gasteiger partial charge in [-0.3, -0.25) is 0 Å². The second-order valence-electron chi connectivity index (χ2n) is 9.06. The van der Waals surface area contributed by atoms with Crippen LogP contribution in [0.4, 0.5) is 0 Å². The maximum absolute atomic E-state index is 5.84. The van der Waals surface area contributed by atoms with Gasteiger partial charge in [-0.25, -0.2) is 0 Å². The van der Waals surface area contributed by atoms with E-state index in [1.165, 1.54) is 25.7 Å². The van der Waals surface area contributed by atoms with Gasteiger partial charge in [0.05, 0.1) is 23.0 Å². The van der Waals surface area contributed by atoms with Crippen molar-refractivity contribution in [3.63, 3.8) is 0 Å². The Morgan fingerprint density at radius 3 is 1.52 bits per heavy atom. The number of hydrogen-bond donors (Lipinski definition) is 2. The summed E-state index contributed by atoms with van der Waals surface area (Å²) in [6, 6.07) is 8.14. The molecule has 2 N–H and O–H groups in total. The van der Waals surface area contributed by atoms with Crippen LogP contribution in [0.5, 0.6) is 0 Å². The summed E-state index contributed by atoms with van der Waals surface area (Å²) >= 11 is 0. The number of unbranched alkanes of at least 4 members (excludes halogenated alkanes) is 2. The average Bonchev–Trinajstić information content (AvgIpc) is 3.42. The SMILES string of the molecule is CCCCNC(C)(C)C(SSSC(c1ccco1)C(C)(C)NCCCC)c1ccco1. The second-order valence-corrected chi connectivity index (χ2v) is 13.3. The van der Waals surface area contributed by atoms with Crippen LogP contribution in [0.1, 0.15) is 89.2 Å².